The number of thioether (sulfide) groups is 1. The lowest BCUT2D eigenvalue weighted by Gasteiger charge is -2.06. The third-order valence-electron chi connectivity index (χ3n) is 4.33. The SMILES string of the molecule is Cn1c(CSc2ccc(C(=O)Nc3ccc(F)cc3)cn2)nc2ccccc21. The van der Waals surface area contributed by atoms with E-state index in [9.17, 15) is 9.18 Å². The Morgan fingerprint density at radius 2 is 1.89 bits per heavy atom. The van der Waals surface area contributed by atoms with Crippen molar-refractivity contribution >= 4 is 34.4 Å². The number of nitrogens with one attached hydrogen (secondary N) is 1. The lowest BCUT2D eigenvalue weighted by Crippen LogP contribution is -2.12. The number of halogens is 1. The molecule has 7 heteroatoms. The molecule has 1 amide bonds. The average Bonchev–Trinajstić information content (AvgIpc) is 3.04. The van der Waals surface area contributed by atoms with Crippen LogP contribution < -0.4 is 5.32 Å². The van der Waals surface area contributed by atoms with Gasteiger partial charge in [-0.1, -0.05) is 23.9 Å². The van der Waals surface area contributed by atoms with E-state index in [1.165, 1.54) is 30.5 Å². The molecule has 4 aromatic rings. The molecule has 2 heterocycles. The van der Waals surface area contributed by atoms with Crippen LogP contribution in [-0.4, -0.2) is 20.4 Å². The maximum atomic E-state index is 12.9. The topological polar surface area (TPSA) is 59.8 Å². The highest BCUT2D eigenvalue weighted by atomic mass is 32.2. The van der Waals surface area contributed by atoms with Gasteiger partial charge in [0.15, 0.2) is 0 Å². The highest BCUT2D eigenvalue weighted by Crippen LogP contribution is 2.23. The van der Waals surface area contributed by atoms with Gasteiger partial charge < -0.3 is 9.88 Å². The van der Waals surface area contributed by atoms with Crippen LogP contribution >= 0.6 is 11.8 Å². The number of aromatic nitrogens is 3. The van der Waals surface area contributed by atoms with E-state index in [1.54, 1.807) is 17.8 Å². The van der Waals surface area contributed by atoms with E-state index in [0.717, 1.165) is 21.9 Å². The number of imidazole rings is 1. The van der Waals surface area contributed by atoms with E-state index < -0.39 is 0 Å². The highest BCUT2D eigenvalue weighted by molar-refractivity contribution is 7.98. The Bertz CT molecular complexity index is 1120. The van der Waals surface area contributed by atoms with Crippen LogP contribution in [0.25, 0.3) is 11.0 Å². The van der Waals surface area contributed by atoms with Crippen LogP contribution in [0.2, 0.25) is 0 Å². The number of aryl methyl sites for hydroxylation is 1. The molecular weight excluding hydrogens is 375 g/mol. The number of rotatable bonds is 5. The summed E-state index contributed by atoms with van der Waals surface area (Å²) < 4.78 is 15.0. The Labute approximate surface area is 165 Å². The molecule has 28 heavy (non-hydrogen) atoms. The molecule has 0 aliphatic carbocycles. The third-order valence-corrected chi connectivity index (χ3v) is 5.27. The van der Waals surface area contributed by atoms with Gasteiger partial charge in [-0.3, -0.25) is 4.79 Å². The van der Waals surface area contributed by atoms with Gasteiger partial charge >= 0.3 is 0 Å². The molecule has 0 saturated heterocycles. The van der Waals surface area contributed by atoms with Gasteiger partial charge in [-0.05, 0) is 48.5 Å². The zero-order chi connectivity index (χ0) is 19.5. The molecule has 1 N–H and O–H groups in total. The number of amides is 1. The number of carbonyl (C=O) groups excluding carboxylic acids is 1. The van der Waals surface area contributed by atoms with E-state index in [2.05, 4.69) is 19.9 Å². The molecule has 0 aliphatic heterocycles. The summed E-state index contributed by atoms with van der Waals surface area (Å²) >= 11 is 1.56. The standard InChI is InChI=1S/C21H17FN4OS/c1-26-18-5-3-2-4-17(18)25-19(26)13-28-20-11-6-14(12-23-20)21(27)24-16-9-7-15(22)8-10-16/h2-12H,13H2,1H3,(H,24,27). The molecule has 0 fully saturated rings. The Morgan fingerprint density at radius 1 is 1.11 bits per heavy atom. The van der Waals surface area contributed by atoms with Gasteiger partial charge in [-0.25, -0.2) is 14.4 Å². The number of nitrogens with zero attached hydrogens (tertiary/aromatic N) is 3. The highest BCUT2D eigenvalue weighted by Gasteiger charge is 2.10. The van der Waals surface area contributed by atoms with E-state index in [0.29, 0.717) is 17.0 Å². The minimum atomic E-state index is -0.346. The first-order valence-corrected chi connectivity index (χ1v) is 9.65. The van der Waals surface area contributed by atoms with Crippen LogP contribution in [0.3, 0.4) is 0 Å². The van der Waals surface area contributed by atoms with Gasteiger partial charge in [0.1, 0.15) is 11.6 Å². The first-order valence-electron chi connectivity index (χ1n) is 8.66. The summed E-state index contributed by atoms with van der Waals surface area (Å²) in [5.74, 6) is 1.01. The smallest absolute Gasteiger partial charge is 0.257 e. The number of pyridine rings is 1. The molecule has 0 saturated carbocycles. The van der Waals surface area contributed by atoms with Crippen LogP contribution in [0.1, 0.15) is 16.2 Å². The average molecular weight is 392 g/mol. The molecule has 5 nitrogen and oxygen atoms in total. The third kappa shape index (κ3) is 3.89. The van der Waals surface area contributed by atoms with Crippen molar-refractivity contribution in [2.24, 2.45) is 7.05 Å². The minimum absolute atomic E-state index is 0.286. The van der Waals surface area contributed by atoms with E-state index in [1.807, 2.05) is 37.4 Å². The number of benzene rings is 2. The quantitative estimate of drug-likeness (QED) is 0.502. The molecule has 2 aromatic carbocycles. The van der Waals surface area contributed by atoms with Crippen LogP contribution in [0.5, 0.6) is 0 Å². The maximum absolute atomic E-state index is 12.9. The van der Waals surface area contributed by atoms with Crippen molar-refractivity contribution in [2.75, 3.05) is 5.32 Å². The van der Waals surface area contributed by atoms with Gasteiger partial charge in [0, 0.05) is 18.9 Å². The van der Waals surface area contributed by atoms with Crippen molar-refractivity contribution in [1.82, 2.24) is 14.5 Å². The first-order chi connectivity index (χ1) is 13.6. The second-order valence-electron chi connectivity index (χ2n) is 6.21. The zero-order valence-electron chi connectivity index (χ0n) is 15.1. The zero-order valence-corrected chi connectivity index (χ0v) is 15.9. The normalized spacial score (nSPS) is 10.9. The molecule has 140 valence electrons. The van der Waals surface area contributed by atoms with Crippen LogP contribution in [0.4, 0.5) is 10.1 Å². The largest absolute Gasteiger partial charge is 0.330 e. The molecule has 0 bridgehead atoms. The number of carbonyl (C=O) groups is 1. The number of fused-ring (bicyclic) bond motifs is 1. The number of hydrogen-bond donors (Lipinski definition) is 1. The van der Waals surface area contributed by atoms with E-state index in [-0.39, 0.29) is 11.7 Å². The summed E-state index contributed by atoms with van der Waals surface area (Å²) in [4.78, 5) is 21.3. The van der Waals surface area contributed by atoms with E-state index in [4.69, 9.17) is 0 Å². The van der Waals surface area contributed by atoms with Gasteiger partial charge in [0.05, 0.1) is 27.4 Å². The fourth-order valence-electron chi connectivity index (χ4n) is 2.80. The molecule has 2 aromatic heterocycles. The van der Waals surface area contributed by atoms with Crippen LogP contribution in [0, 0.1) is 5.82 Å². The minimum Gasteiger partial charge on any atom is -0.330 e. The second-order valence-corrected chi connectivity index (χ2v) is 7.21. The Balaban J connectivity index is 1.40. The predicted octanol–water partition coefficient (Wildman–Crippen LogP) is 4.65. The number of hydrogen-bond acceptors (Lipinski definition) is 4. The van der Waals surface area contributed by atoms with Crippen LogP contribution in [0.15, 0.2) is 71.9 Å². The molecular formula is C21H17FN4OS. The fraction of sp³-hybridized carbons (Fsp3) is 0.0952. The molecule has 0 atom stereocenters. The Hall–Kier alpha value is -3.19. The summed E-state index contributed by atoms with van der Waals surface area (Å²) in [6.45, 7) is 0. The molecule has 4 rings (SSSR count). The van der Waals surface area contributed by atoms with Gasteiger partial charge in [-0.15, -0.1) is 0 Å². The Morgan fingerprint density at radius 3 is 2.61 bits per heavy atom. The molecule has 0 aliphatic rings. The van der Waals surface area contributed by atoms with Gasteiger partial charge in [0.25, 0.3) is 5.91 Å². The summed E-state index contributed by atoms with van der Waals surface area (Å²) in [5.41, 5.74) is 3.04. The number of anilines is 1. The monoisotopic (exact) mass is 392 g/mol. The van der Waals surface area contributed by atoms with Crippen molar-refractivity contribution in [2.45, 2.75) is 10.8 Å². The van der Waals surface area contributed by atoms with Crippen molar-refractivity contribution < 1.29 is 9.18 Å². The summed E-state index contributed by atoms with van der Waals surface area (Å²) in [7, 11) is 2.00. The lowest BCUT2D eigenvalue weighted by molar-refractivity contribution is 0.102. The van der Waals surface area contributed by atoms with Crippen molar-refractivity contribution in [3.8, 4) is 0 Å². The first kappa shape index (κ1) is 18.2. The predicted molar refractivity (Wildman–Crippen MR) is 109 cm³/mol. The summed E-state index contributed by atoms with van der Waals surface area (Å²) in [6.07, 6.45) is 1.54. The Kier molecular flexibility index (Phi) is 5.08. The fourth-order valence-corrected chi connectivity index (χ4v) is 3.63. The maximum Gasteiger partial charge on any atom is 0.257 e. The lowest BCUT2D eigenvalue weighted by atomic mass is 10.2. The van der Waals surface area contributed by atoms with Crippen LogP contribution in [-0.2, 0) is 12.8 Å². The molecule has 0 unspecified atom stereocenters. The summed E-state index contributed by atoms with van der Waals surface area (Å²) in [6, 6.07) is 17.2. The molecule has 0 spiro atoms. The molecule has 0 radical (unpaired) electrons. The van der Waals surface area contributed by atoms with E-state index >= 15 is 0 Å². The van der Waals surface area contributed by atoms with Gasteiger partial charge in [0.2, 0.25) is 0 Å². The van der Waals surface area contributed by atoms with Crippen molar-refractivity contribution in [3.63, 3.8) is 0 Å². The van der Waals surface area contributed by atoms with Crippen molar-refractivity contribution in [1.29, 1.82) is 0 Å². The van der Waals surface area contributed by atoms with Crippen molar-refractivity contribution in [3.05, 3.63) is 84.1 Å². The number of para-hydroxylation sites is 2. The summed E-state index contributed by atoms with van der Waals surface area (Å²) in [5, 5.41) is 3.53. The second kappa shape index (κ2) is 7.82. The van der Waals surface area contributed by atoms with Gasteiger partial charge in [-0.2, -0.15) is 0 Å².